The Balaban J connectivity index is 3.99. The van der Waals surface area contributed by atoms with Crippen molar-refractivity contribution in [2.24, 2.45) is 5.92 Å². The summed E-state index contributed by atoms with van der Waals surface area (Å²) >= 11 is 0. The van der Waals surface area contributed by atoms with Gasteiger partial charge in [0.05, 0.1) is 5.92 Å². The van der Waals surface area contributed by atoms with Crippen molar-refractivity contribution in [2.75, 3.05) is 0 Å². The highest BCUT2D eigenvalue weighted by Gasteiger charge is 2.19. The third-order valence-electron chi connectivity index (χ3n) is 2.19. The Morgan fingerprint density at radius 3 is 1.88 bits per heavy atom. The molecule has 0 spiro atoms. The summed E-state index contributed by atoms with van der Waals surface area (Å²) in [4.78, 5) is 22.5. The van der Waals surface area contributed by atoms with Crippen LogP contribution in [0.2, 0.25) is 0 Å². The van der Waals surface area contributed by atoms with Gasteiger partial charge in [-0.2, -0.15) is 0 Å². The normalized spacial score (nSPS) is 12.4. The lowest BCUT2D eigenvalue weighted by atomic mass is 10.2. The van der Waals surface area contributed by atoms with Gasteiger partial charge < -0.3 is 14.2 Å². The van der Waals surface area contributed by atoms with Gasteiger partial charge >= 0.3 is 12.1 Å². The first-order chi connectivity index (χ1) is 7.90. The molecule has 1 unspecified atom stereocenters. The van der Waals surface area contributed by atoms with Gasteiger partial charge in [0, 0.05) is 6.92 Å². The standard InChI is InChI=1S/C12H22O5/c1-6-10(7-2)17-12(14)16-9(5)15-11(13)8(3)4/h8-10H,6-7H2,1-5H3. The van der Waals surface area contributed by atoms with Crippen LogP contribution in [-0.2, 0) is 19.0 Å². The Labute approximate surface area is 102 Å². The second-order valence-electron chi connectivity index (χ2n) is 4.08. The minimum absolute atomic E-state index is 0.157. The second kappa shape index (κ2) is 7.92. The smallest absolute Gasteiger partial charge is 0.431 e. The van der Waals surface area contributed by atoms with E-state index in [-0.39, 0.29) is 12.0 Å². The van der Waals surface area contributed by atoms with Gasteiger partial charge in [-0.15, -0.1) is 0 Å². The molecule has 0 amide bonds. The Bertz CT molecular complexity index is 245. The monoisotopic (exact) mass is 246 g/mol. The van der Waals surface area contributed by atoms with E-state index < -0.39 is 18.4 Å². The summed E-state index contributed by atoms with van der Waals surface area (Å²) in [5, 5.41) is 0. The molecule has 0 aliphatic heterocycles. The first-order valence-electron chi connectivity index (χ1n) is 5.98. The van der Waals surface area contributed by atoms with Crippen LogP contribution in [0.5, 0.6) is 0 Å². The molecule has 0 fully saturated rings. The van der Waals surface area contributed by atoms with E-state index >= 15 is 0 Å². The van der Waals surface area contributed by atoms with E-state index in [1.807, 2.05) is 13.8 Å². The largest absolute Gasteiger partial charge is 0.511 e. The highest BCUT2D eigenvalue weighted by Crippen LogP contribution is 2.07. The molecular formula is C12H22O5. The molecule has 0 aromatic rings. The quantitative estimate of drug-likeness (QED) is 0.532. The molecule has 0 radical (unpaired) electrons. The van der Waals surface area contributed by atoms with E-state index in [2.05, 4.69) is 0 Å². The lowest BCUT2D eigenvalue weighted by Crippen LogP contribution is -2.26. The summed E-state index contributed by atoms with van der Waals surface area (Å²) in [5.41, 5.74) is 0. The van der Waals surface area contributed by atoms with Crippen molar-refractivity contribution >= 4 is 12.1 Å². The lowest BCUT2D eigenvalue weighted by Gasteiger charge is -2.18. The van der Waals surface area contributed by atoms with Crippen LogP contribution in [0.15, 0.2) is 0 Å². The average molecular weight is 246 g/mol. The average Bonchev–Trinajstić information content (AvgIpc) is 2.25. The third kappa shape index (κ3) is 6.81. The van der Waals surface area contributed by atoms with Gasteiger partial charge in [0.15, 0.2) is 0 Å². The van der Waals surface area contributed by atoms with E-state index in [9.17, 15) is 9.59 Å². The van der Waals surface area contributed by atoms with E-state index in [1.165, 1.54) is 6.92 Å². The molecule has 0 aliphatic carbocycles. The summed E-state index contributed by atoms with van der Waals surface area (Å²) in [6, 6.07) is 0. The summed E-state index contributed by atoms with van der Waals surface area (Å²) in [6.45, 7) is 8.73. The molecule has 5 heteroatoms. The van der Waals surface area contributed by atoms with Crippen LogP contribution in [0.4, 0.5) is 4.79 Å². The third-order valence-corrected chi connectivity index (χ3v) is 2.19. The summed E-state index contributed by atoms with van der Waals surface area (Å²) in [5.74, 6) is -0.663. The van der Waals surface area contributed by atoms with Crippen molar-refractivity contribution in [2.45, 2.75) is 59.9 Å². The topological polar surface area (TPSA) is 61.8 Å². The maximum atomic E-state index is 11.3. The van der Waals surface area contributed by atoms with Gasteiger partial charge in [-0.3, -0.25) is 4.79 Å². The second-order valence-corrected chi connectivity index (χ2v) is 4.08. The van der Waals surface area contributed by atoms with Gasteiger partial charge in [0.25, 0.3) is 0 Å². The highest BCUT2D eigenvalue weighted by molar-refractivity contribution is 5.71. The molecule has 0 rings (SSSR count). The van der Waals surface area contributed by atoms with Crippen molar-refractivity contribution in [3.8, 4) is 0 Å². The maximum absolute atomic E-state index is 11.3. The minimum atomic E-state index is -0.924. The van der Waals surface area contributed by atoms with Crippen molar-refractivity contribution in [1.29, 1.82) is 0 Å². The maximum Gasteiger partial charge on any atom is 0.511 e. The fourth-order valence-electron chi connectivity index (χ4n) is 1.08. The molecule has 100 valence electrons. The summed E-state index contributed by atoms with van der Waals surface area (Å²) in [6.07, 6.45) is -0.428. The molecule has 1 atom stereocenters. The zero-order chi connectivity index (χ0) is 13.4. The lowest BCUT2D eigenvalue weighted by molar-refractivity contribution is -0.172. The number of hydrogen-bond acceptors (Lipinski definition) is 5. The predicted molar refractivity (Wildman–Crippen MR) is 62.3 cm³/mol. The highest BCUT2D eigenvalue weighted by atomic mass is 16.8. The van der Waals surface area contributed by atoms with Crippen LogP contribution in [0, 0.1) is 5.92 Å². The number of carbonyl (C=O) groups excluding carboxylic acids is 2. The SMILES string of the molecule is CCC(CC)OC(=O)OC(C)OC(=O)C(C)C. The van der Waals surface area contributed by atoms with Gasteiger partial charge in [-0.1, -0.05) is 27.7 Å². The molecule has 0 saturated carbocycles. The van der Waals surface area contributed by atoms with Crippen molar-refractivity contribution in [1.82, 2.24) is 0 Å². The van der Waals surface area contributed by atoms with Gasteiger partial charge in [0.2, 0.25) is 6.29 Å². The zero-order valence-electron chi connectivity index (χ0n) is 11.2. The van der Waals surface area contributed by atoms with Crippen molar-refractivity contribution in [3.05, 3.63) is 0 Å². The van der Waals surface area contributed by atoms with Crippen LogP contribution >= 0.6 is 0 Å². The molecular weight excluding hydrogens is 224 g/mol. The van der Waals surface area contributed by atoms with Crippen LogP contribution in [0.25, 0.3) is 0 Å². The van der Waals surface area contributed by atoms with Gasteiger partial charge in [-0.25, -0.2) is 4.79 Å². The number of hydrogen-bond donors (Lipinski definition) is 0. The van der Waals surface area contributed by atoms with Crippen LogP contribution in [0.1, 0.15) is 47.5 Å². The molecule has 0 heterocycles. The molecule has 0 aromatic heterocycles. The first kappa shape index (κ1) is 15.7. The molecule has 0 aromatic carbocycles. The van der Waals surface area contributed by atoms with Crippen LogP contribution < -0.4 is 0 Å². The Kier molecular flexibility index (Phi) is 7.34. The van der Waals surface area contributed by atoms with Gasteiger partial charge in [0.1, 0.15) is 6.10 Å². The number of rotatable bonds is 6. The van der Waals surface area contributed by atoms with E-state index in [1.54, 1.807) is 13.8 Å². The Hall–Kier alpha value is -1.26. The summed E-state index contributed by atoms with van der Waals surface area (Å²) in [7, 11) is 0. The minimum Gasteiger partial charge on any atom is -0.431 e. The zero-order valence-corrected chi connectivity index (χ0v) is 11.2. The van der Waals surface area contributed by atoms with Crippen molar-refractivity contribution in [3.63, 3.8) is 0 Å². The first-order valence-corrected chi connectivity index (χ1v) is 5.98. The van der Waals surface area contributed by atoms with E-state index in [0.29, 0.717) is 0 Å². The number of ether oxygens (including phenoxy) is 3. The Morgan fingerprint density at radius 1 is 0.941 bits per heavy atom. The summed E-state index contributed by atoms with van der Waals surface area (Å²) < 4.78 is 14.7. The predicted octanol–water partition coefficient (Wildman–Crippen LogP) is 2.87. The number of esters is 1. The molecule has 17 heavy (non-hydrogen) atoms. The molecule has 5 nitrogen and oxygen atoms in total. The fraction of sp³-hybridized carbons (Fsp3) is 0.833. The molecule has 0 aliphatic rings. The van der Waals surface area contributed by atoms with Crippen LogP contribution in [-0.4, -0.2) is 24.5 Å². The molecule has 0 bridgehead atoms. The van der Waals surface area contributed by atoms with Crippen molar-refractivity contribution < 1.29 is 23.8 Å². The Morgan fingerprint density at radius 2 is 1.47 bits per heavy atom. The van der Waals surface area contributed by atoms with E-state index in [4.69, 9.17) is 14.2 Å². The van der Waals surface area contributed by atoms with E-state index in [0.717, 1.165) is 12.8 Å². The molecule has 0 saturated heterocycles. The fourth-order valence-corrected chi connectivity index (χ4v) is 1.08. The molecule has 0 N–H and O–H groups in total. The number of carbonyl (C=O) groups is 2. The van der Waals surface area contributed by atoms with Gasteiger partial charge in [-0.05, 0) is 12.8 Å². The van der Waals surface area contributed by atoms with Crippen LogP contribution in [0.3, 0.4) is 0 Å².